The van der Waals surface area contributed by atoms with Crippen LogP contribution in [0.25, 0.3) is 0 Å². The van der Waals surface area contributed by atoms with E-state index in [2.05, 4.69) is 15.3 Å². The van der Waals surface area contributed by atoms with Crippen LogP contribution >= 0.6 is 0 Å². The maximum Gasteiger partial charge on any atom is 0.259 e. The SMILES string of the molecule is COc1nc(N2CCC(F)(F)CC2)c(C(=O)Nc2ccnc(S(N)(=O)=O)c2)cc1C1CC1. The molecule has 1 amide bonds. The molecule has 2 fully saturated rings. The molecule has 1 saturated carbocycles. The maximum absolute atomic E-state index is 13.7. The molecule has 9 nitrogen and oxygen atoms in total. The van der Waals surface area contributed by atoms with Gasteiger partial charge in [-0.1, -0.05) is 0 Å². The fraction of sp³-hybridized carbons (Fsp3) is 0.450. The average Bonchev–Trinajstić information content (AvgIpc) is 3.58. The van der Waals surface area contributed by atoms with E-state index in [9.17, 15) is 22.0 Å². The number of rotatable bonds is 6. The largest absolute Gasteiger partial charge is 0.481 e. The third-order valence-electron chi connectivity index (χ3n) is 5.53. The number of aromatic nitrogens is 2. The van der Waals surface area contributed by atoms with Gasteiger partial charge in [-0.2, -0.15) is 4.98 Å². The molecule has 1 saturated heterocycles. The minimum atomic E-state index is -4.05. The molecule has 0 unspecified atom stereocenters. The Bertz CT molecular complexity index is 1140. The van der Waals surface area contributed by atoms with Crippen molar-refractivity contribution in [2.75, 3.05) is 30.4 Å². The standard InChI is InChI=1S/C20H23F2N5O4S/c1-31-19-14(12-2-3-12)11-15(17(26-19)27-8-5-20(21,22)6-9-27)18(28)25-13-4-7-24-16(10-13)32(23,29)30/h4,7,10-12H,2-3,5-6,8-9H2,1H3,(H2,23,29,30)(H,24,25,28). The van der Waals surface area contributed by atoms with E-state index < -0.39 is 21.9 Å². The Morgan fingerprint density at radius 1 is 1.28 bits per heavy atom. The van der Waals surface area contributed by atoms with Gasteiger partial charge in [0, 0.05) is 49.4 Å². The second-order valence-corrected chi connectivity index (χ2v) is 9.47. The quantitative estimate of drug-likeness (QED) is 0.668. The number of nitrogens with two attached hydrogens (primary N) is 1. The zero-order chi connectivity index (χ0) is 23.1. The molecule has 4 rings (SSSR count). The number of nitrogens with zero attached hydrogens (tertiary/aromatic N) is 3. The molecule has 32 heavy (non-hydrogen) atoms. The van der Waals surface area contributed by atoms with Gasteiger partial charge in [0.05, 0.1) is 12.7 Å². The molecule has 0 bridgehead atoms. The van der Waals surface area contributed by atoms with Crippen molar-refractivity contribution >= 4 is 27.4 Å². The van der Waals surface area contributed by atoms with Crippen molar-refractivity contribution in [3.05, 3.63) is 35.5 Å². The summed E-state index contributed by atoms with van der Waals surface area (Å²) in [4.78, 5) is 23.0. The van der Waals surface area contributed by atoms with Crippen LogP contribution in [0.15, 0.2) is 29.4 Å². The van der Waals surface area contributed by atoms with Crippen LogP contribution in [-0.4, -0.2) is 50.4 Å². The van der Waals surface area contributed by atoms with Crippen LogP contribution in [0.1, 0.15) is 47.5 Å². The fourth-order valence-electron chi connectivity index (χ4n) is 3.65. The van der Waals surface area contributed by atoms with Gasteiger partial charge < -0.3 is 15.0 Å². The van der Waals surface area contributed by atoms with Crippen molar-refractivity contribution in [2.45, 2.75) is 42.5 Å². The molecule has 1 aliphatic carbocycles. The maximum atomic E-state index is 13.7. The second kappa shape index (κ2) is 8.24. The number of piperidine rings is 1. The van der Waals surface area contributed by atoms with E-state index in [0.717, 1.165) is 24.5 Å². The molecule has 3 N–H and O–H groups in total. The molecular weight excluding hydrogens is 444 g/mol. The van der Waals surface area contributed by atoms with Crippen LogP contribution < -0.4 is 20.1 Å². The number of carbonyl (C=O) groups excluding carboxylic acids is 1. The summed E-state index contributed by atoms with van der Waals surface area (Å²) in [5.41, 5.74) is 1.16. The lowest BCUT2D eigenvalue weighted by Gasteiger charge is -2.33. The monoisotopic (exact) mass is 467 g/mol. The number of nitrogens with one attached hydrogen (secondary N) is 1. The topological polar surface area (TPSA) is 128 Å². The number of hydrogen-bond acceptors (Lipinski definition) is 7. The highest BCUT2D eigenvalue weighted by Gasteiger charge is 2.37. The predicted molar refractivity (Wildman–Crippen MR) is 113 cm³/mol. The molecule has 3 heterocycles. The Morgan fingerprint density at radius 3 is 2.56 bits per heavy atom. The van der Waals surface area contributed by atoms with Gasteiger partial charge in [-0.25, -0.2) is 27.3 Å². The minimum absolute atomic E-state index is 0.0387. The molecule has 12 heteroatoms. The highest BCUT2D eigenvalue weighted by Crippen LogP contribution is 2.45. The van der Waals surface area contributed by atoms with Crippen molar-refractivity contribution < 1.29 is 26.7 Å². The van der Waals surface area contributed by atoms with E-state index in [1.807, 2.05) is 0 Å². The summed E-state index contributed by atoms with van der Waals surface area (Å²) in [6.07, 6.45) is 2.41. The number of hydrogen-bond donors (Lipinski definition) is 2. The Balaban J connectivity index is 1.70. The number of anilines is 2. The van der Waals surface area contributed by atoms with E-state index in [-0.39, 0.29) is 53.9 Å². The summed E-state index contributed by atoms with van der Waals surface area (Å²) in [7, 11) is -2.57. The van der Waals surface area contributed by atoms with Crippen molar-refractivity contribution in [1.82, 2.24) is 9.97 Å². The summed E-state index contributed by atoms with van der Waals surface area (Å²) >= 11 is 0. The Labute approximate surface area is 184 Å². The third kappa shape index (κ3) is 4.80. The summed E-state index contributed by atoms with van der Waals surface area (Å²) in [6, 6.07) is 4.25. The number of ether oxygens (including phenoxy) is 1. The van der Waals surface area contributed by atoms with Gasteiger partial charge in [-0.3, -0.25) is 4.79 Å². The van der Waals surface area contributed by atoms with Gasteiger partial charge in [0.25, 0.3) is 21.9 Å². The zero-order valence-electron chi connectivity index (χ0n) is 17.3. The highest BCUT2D eigenvalue weighted by molar-refractivity contribution is 7.89. The van der Waals surface area contributed by atoms with E-state index in [0.29, 0.717) is 5.88 Å². The summed E-state index contributed by atoms with van der Waals surface area (Å²) in [5.74, 6) is -2.46. The smallest absolute Gasteiger partial charge is 0.259 e. The molecule has 1 aliphatic heterocycles. The van der Waals surface area contributed by atoms with Crippen LogP contribution in [0.3, 0.4) is 0 Å². The fourth-order valence-corrected chi connectivity index (χ4v) is 4.15. The van der Waals surface area contributed by atoms with Gasteiger partial charge in [0.1, 0.15) is 5.82 Å². The van der Waals surface area contributed by atoms with Crippen LogP contribution in [0.2, 0.25) is 0 Å². The lowest BCUT2D eigenvalue weighted by atomic mass is 10.0. The minimum Gasteiger partial charge on any atom is -0.481 e. The number of pyridine rings is 2. The number of methoxy groups -OCH3 is 1. The predicted octanol–water partition coefficient (Wildman–Crippen LogP) is 2.50. The number of amides is 1. The summed E-state index contributed by atoms with van der Waals surface area (Å²) < 4.78 is 55.9. The van der Waals surface area contributed by atoms with Gasteiger partial charge >= 0.3 is 0 Å². The molecule has 2 aromatic rings. The second-order valence-electron chi connectivity index (χ2n) is 7.96. The van der Waals surface area contributed by atoms with Crippen molar-refractivity contribution in [2.24, 2.45) is 5.14 Å². The van der Waals surface area contributed by atoms with Crippen LogP contribution in [0.5, 0.6) is 5.88 Å². The van der Waals surface area contributed by atoms with E-state index in [4.69, 9.17) is 9.88 Å². The molecule has 2 aromatic heterocycles. The van der Waals surface area contributed by atoms with Gasteiger partial charge in [0.15, 0.2) is 5.03 Å². The van der Waals surface area contributed by atoms with Gasteiger partial charge in [0.2, 0.25) is 5.88 Å². The lowest BCUT2D eigenvalue weighted by molar-refractivity contribution is -0.0221. The average molecular weight is 467 g/mol. The van der Waals surface area contributed by atoms with E-state index >= 15 is 0 Å². The molecule has 0 atom stereocenters. The Morgan fingerprint density at radius 2 is 1.97 bits per heavy atom. The normalized spacial score (nSPS) is 18.3. The first-order chi connectivity index (χ1) is 15.1. The summed E-state index contributed by atoms with van der Waals surface area (Å²) in [5, 5.41) is 7.36. The molecule has 172 valence electrons. The van der Waals surface area contributed by atoms with Crippen LogP contribution in [0, 0.1) is 0 Å². The van der Waals surface area contributed by atoms with E-state index in [1.165, 1.54) is 19.4 Å². The molecule has 0 radical (unpaired) electrons. The van der Waals surface area contributed by atoms with Crippen molar-refractivity contribution in [1.29, 1.82) is 0 Å². The van der Waals surface area contributed by atoms with Gasteiger partial charge in [-0.15, -0.1) is 0 Å². The Kier molecular flexibility index (Phi) is 5.76. The number of sulfonamides is 1. The third-order valence-corrected chi connectivity index (χ3v) is 6.34. The first kappa shape index (κ1) is 22.3. The first-order valence-corrected chi connectivity index (χ1v) is 11.6. The van der Waals surface area contributed by atoms with Crippen LogP contribution in [0.4, 0.5) is 20.3 Å². The first-order valence-electron chi connectivity index (χ1n) is 10.1. The highest BCUT2D eigenvalue weighted by atomic mass is 32.2. The molecule has 2 aliphatic rings. The zero-order valence-corrected chi connectivity index (χ0v) is 18.2. The number of halogens is 2. The van der Waals surface area contributed by atoms with Crippen molar-refractivity contribution in [3.8, 4) is 5.88 Å². The molecule has 0 spiro atoms. The van der Waals surface area contributed by atoms with E-state index in [1.54, 1.807) is 11.0 Å². The number of carbonyl (C=O) groups is 1. The molecular formula is C20H23F2N5O4S. The van der Waals surface area contributed by atoms with Gasteiger partial charge in [-0.05, 0) is 30.9 Å². The molecule has 0 aromatic carbocycles. The Hall–Kier alpha value is -2.86. The number of primary sulfonamides is 1. The van der Waals surface area contributed by atoms with Crippen LogP contribution in [-0.2, 0) is 10.0 Å². The van der Waals surface area contributed by atoms with Crippen molar-refractivity contribution in [3.63, 3.8) is 0 Å². The lowest BCUT2D eigenvalue weighted by Crippen LogP contribution is -2.40. The number of alkyl halides is 2. The summed E-state index contributed by atoms with van der Waals surface area (Å²) in [6.45, 7) is 0.0774.